The molecule has 2 fully saturated rings. The van der Waals surface area contributed by atoms with Crippen molar-refractivity contribution in [3.63, 3.8) is 0 Å². The summed E-state index contributed by atoms with van der Waals surface area (Å²) in [6.45, 7) is 5.87. The Hall–Kier alpha value is -0.610. The number of ether oxygens (including phenoxy) is 1. The van der Waals surface area contributed by atoms with Gasteiger partial charge in [0.2, 0.25) is 5.91 Å². The van der Waals surface area contributed by atoms with E-state index in [9.17, 15) is 9.90 Å². The Kier molecular flexibility index (Phi) is 6.06. The molecule has 2 rings (SSSR count). The number of nitrogens with one attached hydrogen (secondary N) is 1. The van der Waals surface area contributed by atoms with Crippen molar-refractivity contribution in [2.24, 2.45) is 11.8 Å². The second kappa shape index (κ2) is 7.59. The third-order valence-electron chi connectivity index (χ3n) is 4.99. The lowest BCUT2D eigenvalue weighted by atomic mass is 9.82. The Bertz CT molecular complexity index is 337. The molecule has 1 aliphatic carbocycles. The van der Waals surface area contributed by atoms with E-state index in [-0.39, 0.29) is 18.4 Å². The smallest absolute Gasteiger partial charge is 0.222 e. The summed E-state index contributed by atoms with van der Waals surface area (Å²) in [6.07, 6.45) is 7.49. The summed E-state index contributed by atoms with van der Waals surface area (Å²) < 4.78 is 5.85. The van der Waals surface area contributed by atoms with Crippen LogP contribution in [0.1, 0.15) is 65.2 Å². The first kappa shape index (κ1) is 16.8. The first-order valence-corrected chi connectivity index (χ1v) is 8.61. The largest absolute Gasteiger partial charge is 0.389 e. The molecule has 0 aromatic heterocycles. The average Bonchev–Trinajstić information content (AvgIpc) is 2.45. The zero-order chi connectivity index (χ0) is 15.3. The monoisotopic (exact) mass is 297 g/mol. The second-order valence-electron chi connectivity index (χ2n) is 7.25. The minimum absolute atomic E-state index is 0.00696. The normalized spacial score (nSPS) is 29.3. The van der Waals surface area contributed by atoms with E-state index in [0.717, 1.165) is 45.1 Å². The van der Waals surface area contributed by atoms with E-state index in [1.54, 1.807) is 0 Å². The van der Waals surface area contributed by atoms with Crippen LogP contribution in [-0.4, -0.2) is 35.9 Å². The number of hydrogen-bond acceptors (Lipinski definition) is 3. The molecule has 0 spiro atoms. The quantitative estimate of drug-likeness (QED) is 0.820. The highest BCUT2D eigenvalue weighted by molar-refractivity contribution is 5.77. The Morgan fingerprint density at radius 3 is 2.67 bits per heavy atom. The van der Waals surface area contributed by atoms with Gasteiger partial charge in [-0.3, -0.25) is 4.79 Å². The van der Waals surface area contributed by atoms with Gasteiger partial charge in [-0.1, -0.05) is 33.1 Å². The van der Waals surface area contributed by atoms with Gasteiger partial charge in [-0.2, -0.15) is 0 Å². The van der Waals surface area contributed by atoms with E-state index in [0.29, 0.717) is 18.4 Å². The lowest BCUT2D eigenvalue weighted by Gasteiger charge is -2.35. The summed E-state index contributed by atoms with van der Waals surface area (Å²) >= 11 is 0. The van der Waals surface area contributed by atoms with E-state index in [4.69, 9.17) is 4.74 Å². The third kappa shape index (κ3) is 4.96. The summed E-state index contributed by atoms with van der Waals surface area (Å²) in [5, 5.41) is 13.5. The summed E-state index contributed by atoms with van der Waals surface area (Å²) in [5.74, 6) is 0.880. The van der Waals surface area contributed by atoms with E-state index in [1.807, 2.05) is 0 Å². The van der Waals surface area contributed by atoms with Crippen molar-refractivity contribution in [2.75, 3.05) is 13.2 Å². The number of carbonyl (C=O) groups excluding carboxylic acids is 1. The Morgan fingerprint density at radius 2 is 2.00 bits per heavy atom. The van der Waals surface area contributed by atoms with Crippen LogP contribution in [0.15, 0.2) is 0 Å². The van der Waals surface area contributed by atoms with Gasteiger partial charge in [0.05, 0.1) is 18.1 Å². The fraction of sp³-hybridized carbons (Fsp3) is 0.941. The van der Waals surface area contributed by atoms with Crippen LogP contribution < -0.4 is 5.32 Å². The van der Waals surface area contributed by atoms with Gasteiger partial charge in [0.15, 0.2) is 0 Å². The number of rotatable bonds is 5. The van der Waals surface area contributed by atoms with Gasteiger partial charge in [-0.05, 0) is 31.6 Å². The molecule has 1 saturated carbocycles. The van der Waals surface area contributed by atoms with Crippen LogP contribution in [0.5, 0.6) is 0 Å². The van der Waals surface area contributed by atoms with E-state index in [2.05, 4.69) is 19.2 Å². The van der Waals surface area contributed by atoms with Crippen LogP contribution in [0.3, 0.4) is 0 Å². The van der Waals surface area contributed by atoms with E-state index in [1.165, 1.54) is 6.42 Å². The second-order valence-corrected chi connectivity index (χ2v) is 7.25. The molecule has 0 radical (unpaired) electrons. The van der Waals surface area contributed by atoms with Crippen molar-refractivity contribution in [1.29, 1.82) is 0 Å². The number of carbonyl (C=O) groups is 1. The summed E-state index contributed by atoms with van der Waals surface area (Å²) in [4.78, 5) is 12.1. The van der Waals surface area contributed by atoms with E-state index < -0.39 is 5.60 Å². The Balaban J connectivity index is 1.77. The van der Waals surface area contributed by atoms with Crippen molar-refractivity contribution in [3.05, 3.63) is 0 Å². The maximum Gasteiger partial charge on any atom is 0.222 e. The zero-order valence-electron chi connectivity index (χ0n) is 13.6. The van der Waals surface area contributed by atoms with Crippen LogP contribution >= 0.6 is 0 Å². The van der Waals surface area contributed by atoms with Gasteiger partial charge < -0.3 is 15.2 Å². The van der Waals surface area contributed by atoms with Crippen LogP contribution in [0, 0.1) is 11.8 Å². The highest BCUT2D eigenvalue weighted by Gasteiger charge is 2.33. The molecule has 1 aliphatic heterocycles. The first-order valence-electron chi connectivity index (χ1n) is 8.61. The average molecular weight is 297 g/mol. The zero-order valence-corrected chi connectivity index (χ0v) is 13.6. The highest BCUT2D eigenvalue weighted by atomic mass is 16.5. The highest BCUT2D eigenvalue weighted by Crippen LogP contribution is 2.31. The topological polar surface area (TPSA) is 58.6 Å². The minimum atomic E-state index is -0.761. The predicted molar refractivity (Wildman–Crippen MR) is 83.0 cm³/mol. The van der Waals surface area contributed by atoms with Gasteiger partial charge in [0.25, 0.3) is 0 Å². The van der Waals surface area contributed by atoms with Gasteiger partial charge in [-0.15, -0.1) is 0 Å². The molecule has 0 aromatic rings. The van der Waals surface area contributed by atoms with Crippen molar-refractivity contribution < 1.29 is 14.6 Å². The van der Waals surface area contributed by atoms with Gasteiger partial charge in [0, 0.05) is 19.1 Å². The lowest BCUT2D eigenvalue weighted by molar-refractivity contribution is -0.128. The van der Waals surface area contributed by atoms with Crippen LogP contribution in [0.4, 0.5) is 0 Å². The van der Waals surface area contributed by atoms with Gasteiger partial charge >= 0.3 is 0 Å². The number of amides is 1. The van der Waals surface area contributed by atoms with Crippen LogP contribution in [0.2, 0.25) is 0 Å². The van der Waals surface area contributed by atoms with Crippen molar-refractivity contribution >= 4 is 5.91 Å². The molecule has 2 atom stereocenters. The number of hydrogen-bond donors (Lipinski definition) is 2. The molecular formula is C17H31NO3. The molecule has 2 aliphatic rings. The van der Waals surface area contributed by atoms with Crippen LogP contribution in [0.25, 0.3) is 0 Å². The van der Waals surface area contributed by atoms with Crippen molar-refractivity contribution in [3.8, 4) is 0 Å². The molecule has 4 heteroatoms. The molecule has 4 nitrogen and oxygen atoms in total. The summed E-state index contributed by atoms with van der Waals surface area (Å²) in [6, 6.07) is 0. The molecule has 1 heterocycles. The maximum absolute atomic E-state index is 12.1. The van der Waals surface area contributed by atoms with Crippen LogP contribution in [-0.2, 0) is 9.53 Å². The molecule has 21 heavy (non-hydrogen) atoms. The standard InChI is InChI=1S/C17H31NO3/c1-13(2)16-14(7-6-10-21-16)12-18-15(19)11-17(20)8-4-3-5-9-17/h13-14,16,20H,3-12H2,1-2H3,(H,18,19). The summed E-state index contributed by atoms with van der Waals surface area (Å²) in [5.41, 5.74) is -0.761. The lowest BCUT2D eigenvalue weighted by Crippen LogP contribution is -2.44. The van der Waals surface area contributed by atoms with Gasteiger partial charge in [-0.25, -0.2) is 0 Å². The minimum Gasteiger partial charge on any atom is -0.389 e. The molecular weight excluding hydrogens is 266 g/mol. The Labute approximate surface area is 128 Å². The predicted octanol–water partition coefficient (Wildman–Crippen LogP) is 2.64. The third-order valence-corrected chi connectivity index (χ3v) is 4.99. The molecule has 0 aromatic carbocycles. The fourth-order valence-corrected chi connectivity index (χ4v) is 3.81. The molecule has 122 valence electrons. The van der Waals surface area contributed by atoms with E-state index >= 15 is 0 Å². The summed E-state index contributed by atoms with van der Waals surface area (Å²) in [7, 11) is 0. The maximum atomic E-state index is 12.1. The number of aliphatic hydroxyl groups is 1. The molecule has 2 unspecified atom stereocenters. The molecule has 0 bridgehead atoms. The first-order chi connectivity index (χ1) is 10.0. The molecule has 1 amide bonds. The fourth-order valence-electron chi connectivity index (χ4n) is 3.81. The van der Waals surface area contributed by atoms with Gasteiger partial charge in [0.1, 0.15) is 0 Å². The Morgan fingerprint density at radius 1 is 1.29 bits per heavy atom. The molecule has 1 saturated heterocycles. The molecule has 2 N–H and O–H groups in total. The van der Waals surface area contributed by atoms with Crippen molar-refractivity contribution in [2.45, 2.75) is 76.9 Å². The SMILES string of the molecule is CC(C)C1OCCCC1CNC(=O)CC1(O)CCCCC1. The van der Waals surface area contributed by atoms with Crippen molar-refractivity contribution in [1.82, 2.24) is 5.32 Å².